The van der Waals surface area contributed by atoms with Crippen molar-refractivity contribution in [2.75, 3.05) is 6.54 Å². The van der Waals surface area contributed by atoms with Crippen LogP contribution in [0, 0.1) is 13.5 Å². The van der Waals surface area contributed by atoms with Crippen LogP contribution in [0.5, 0.6) is 11.5 Å². The van der Waals surface area contributed by atoms with E-state index in [0.717, 1.165) is 54.9 Å². The van der Waals surface area contributed by atoms with Gasteiger partial charge in [-0.15, -0.1) is 0 Å². The van der Waals surface area contributed by atoms with Crippen molar-refractivity contribution in [2.24, 2.45) is 0 Å². The molecule has 1 aliphatic rings. The summed E-state index contributed by atoms with van der Waals surface area (Å²) in [7, 11) is 0. The highest BCUT2D eigenvalue weighted by Crippen LogP contribution is 2.40. The van der Waals surface area contributed by atoms with Crippen molar-refractivity contribution in [1.29, 1.82) is 0 Å². The van der Waals surface area contributed by atoms with Gasteiger partial charge in [-0.2, -0.15) is 0 Å². The lowest BCUT2D eigenvalue weighted by Gasteiger charge is -2.20. The topological polar surface area (TPSA) is 51.9 Å². The molecule has 5 heteroatoms. The summed E-state index contributed by atoms with van der Waals surface area (Å²) in [5.41, 5.74) is 10.1. The van der Waals surface area contributed by atoms with E-state index in [1.165, 1.54) is 33.4 Å². The molecule has 0 spiro atoms. The quantitative estimate of drug-likeness (QED) is 0.132. The van der Waals surface area contributed by atoms with E-state index < -0.39 is 0 Å². The van der Waals surface area contributed by atoms with Gasteiger partial charge in [0.25, 0.3) is 0 Å². The molecule has 0 saturated heterocycles. The Kier molecular flexibility index (Phi) is 9.69. The Morgan fingerprint density at radius 3 is 2.50 bits per heavy atom. The van der Waals surface area contributed by atoms with Crippen molar-refractivity contribution < 1.29 is 14.3 Å². The van der Waals surface area contributed by atoms with Gasteiger partial charge in [-0.3, -0.25) is 0 Å². The Morgan fingerprint density at radius 2 is 1.69 bits per heavy atom. The minimum Gasteiger partial charge on any atom is -0.488 e. The molecular weight excluding hydrogens is 520 g/mol. The Hall–Kier alpha value is -4.40. The van der Waals surface area contributed by atoms with E-state index in [2.05, 4.69) is 65.6 Å². The Labute approximate surface area is 249 Å². The second kappa shape index (κ2) is 14.0. The van der Waals surface area contributed by atoms with Gasteiger partial charge in [-0.1, -0.05) is 66.7 Å². The third-order valence-corrected chi connectivity index (χ3v) is 7.97. The summed E-state index contributed by atoms with van der Waals surface area (Å²) < 4.78 is 13.0. The Morgan fingerprint density at radius 1 is 0.905 bits per heavy atom. The van der Waals surface area contributed by atoms with Crippen molar-refractivity contribution in [2.45, 2.75) is 65.7 Å². The molecule has 42 heavy (non-hydrogen) atoms. The maximum absolute atomic E-state index is 11.4. The first-order valence-corrected chi connectivity index (χ1v) is 14.8. The number of ether oxygens (including phenoxy) is 2. The monoisotopic (exact) mass is 558 g/mol. The average molecular weight is 559 g/mol. The fraction of sp³-hybridized carbons (Fsp3) is 0.297. The van der Waals surface area contributed by atoms with Crippen molar-refractivity contribution in [3.8, 4) is 22.6 Å². The van der Waals surface area contributed by atoms with Gasteiger partial charge in [0, 0.05) is 24.6 Å². The number of rotatable bonds is 13. The first-order chi connectivity index (χ1) is 20.5. The molecule has 0 atom stereocenters. The number of nitrogens with one attached hydrogen (secondary N) is 1. The molecule has 5 nitrogen and oxygen atoms in total. The number of benzene rings is 4. The number of ketones is 1. The van der Waals surface area contributed by atoms with Gasteiger partial charge >= 0.3 is 0 Å². The molecule has 0 unspecified atom stereocenters. The lowest BCUT2D eigenvalue weighted by atomic mass is 9.97. The van der Waals surface area contributed by atoms with E-state index in [9.17, 15) is 4.79 Å². The van der Waals surface area contributed by atoms with E-state index in [0.29, 0.717) is 31.9 Å². The third-order valence-electron chi connectivity index (χ3n) is 7.97. The minimum atomic E-state index is 0.217. The second-order valence-electron chi connectivity index (χ2n) is 11.0. The molecule has 0 fully saturated rings. The maximum atomic E-state index is 11.4. The maximum Gasteiger partial charge on any atom is 0.187 e. The van der Waals surface area contributed by atoms with Crippen LogP contribution in [0.4, 0.5) is 5.69 Å². The number of carbonyl (C=O) groups excluding carboxylic acids is 1. The number of fused-ring (bicyclic) bond motifs is 1. The van der Waals surface area contributed by atoms with Gasteiger partial charge in [0.05, 0.1) is 6.57 Å². The molecule has 1 aliphatic carbocycles. The zero-order valence-corrected chi connectivity index (χ0v) is 24.5. The summed E-state index contributed by atoms with van der Waals surface area (Å²) in [4.78, 5) is 14.9. The van der Waals surface area contributed by atoms with Crippen LogP contribution in [0.3, 0.4) is 0 Å². The summed E-state index contributed by atoms with van der Waals surface area (Å²) in [5.74, 6) is 1.92. The molecule has 0 saturated carbocycles. The third kappa shape index (κ3) is 7.08. The molecule has 0 amide bonds. The van der Waals surface area contributed by atoms with Crippen molar-refractivity contribution >= 4 is 11.5 Å². The summed E-state index contributed by atoms with van der Waals surface area (Å²) in [6, 6.07) is 26.5. The van der Waals surface area contributed by atoms with Crippen LogP contribution in [0.25, 0.3) is 16.0 Å². The highest BCUT2D eigenvalue weighted by Gasteiger charge is 2.24. The second-order valence-corrected chi connectivity index (χ2v) is 11.0. The summed E-state index contributed by atoms with van der Waals surface area (Å²) >= 11 is 0. The molecule has 0 aromatic heterocycles. The number of nitrogens with zero attached hydrogens (tertiary/aromatic N) is 1. The van der Waals surface area contributed by atoms with Gasteiger partial charge < -0.3 is 19.6 Å². The normalized spacial score (nSPS) is 12.0. The van der Waals surface area contributed by atoms with E-state index in [-0.39, 0.29) is 5.78 Å². The summed E-state index contributed by atoms with van der Waals surface area (Å²) in [6.07, 6.45) is 4.47. The van der Waals surface area contributed by atoms with Crippen LogP contribution < -0.4 is 14.8 Å². The first kappa shape index (κ1) is 29.1. The van der Waals surface area contributed by atoms with Crippen molar-refractivity contribution in [1.82, 2.24) is 5.32 Å². The number of hydrogen-bond acceptors (Lipinski definition) is 4. The summed E-state index contributed by atoms with van der Waals surface area (Å²) in [6.45, 7) is 13.5. The zero-order valence-electron chi connectivity index (χ0n) is 24.5. The minimum absolute atomic E-state index is 0.217. The molecular formula is C37H38N2O3. The average Bonchev–Trinajstić information content (AvgIpc) is 3.51. The summed E-state index contributed by atoms with van der Waals surface area (Å²) in [5, 5.41) is 3.54. The van der Waals surface area contributed by atoms with Gasteiger partial charge in [-0.25, -0.2) is 4.85 Å². The lowest BCUT2D eigenvalue weighted by Crippen LogP contribution is -2.18. The van der Waals surface area contributed by atoms with Gasteiger partial charge in [0.2, 0.25) is 0 Å². The van der Waals surface area contributed by atoms with Crippen molar-refractivity contribution in [3.63, 3.8) is 0 Å². The SMILES string of the molecule is [C-]#[N+]c1cccc(COc2cc(OCc3cccc(-c4ccccc4)c3C)c3c(c2CNCCCC(C)=O)CCC3)c1. The number of hydrogen-bond donors (Lipinski definition) is 1. The van der Waals surface area contributed by atoms with Gasteiger partial charge in [0.1, 0.15) is 30.5 Å². The van der Waals surface area contributed by atoms with Gasteiger partial charge in [0.15, 0.2) is 5.69 Å². The standard InChI is InChI=1S/C37H38N2O3/c1-26(40)11-10-20-39-23-35-33-18-9-19-34(33)36(22-37(35)41-24-28-12-7-16-31(21-28)38-3)42-25-30-15-8-17-32(27(30)2)29-13-5-4-6-14-29/h4-8,12-17,21-22,39H,9-11,18-20,23-25H2,1-2H3. The smallest absolute Gasteiger partial charge is 0.187 e. The van der Waals surface area contributed by atoms with E-state index in [4.69, 9.17) is 16.0 Å². The van der Waals surface area contributed by atoms with E-state index in [1.807, 2.05) is 30.3 Å². The Bertz CT molecular complexity index is 1590. The highest BCUT2D eigenvalue weighted by atomic mass is 16.5. The molecule has 0 radical (unpaired) electrons. The molecule has 4 aromatic rings. The molecule has 0 bridgehead atoms. The molecule has 0 heterocycles. The first-order valence-electron chi connectivity index (χ1n) is 14.8. The lowest BCUT2D eigenvalue weighted by molar-refractivity contribution is -0.117. The van der Waals surface area contributed by atoms with Crippen LogP contribution in [-0.4, -0.2) is 12.3 Å². The molecule has 1 N–H and O–H groups in total. The van der Waals surface area contributed by atoms with Crippen LogP contribution in [0.15, 0.2) is 78.9 Å². The van der Waals surface area contributed by atoms with E-state index in [1.54, 1.807) is 6.92 Å². The van der Waals surface area contributed by atoms with Crippen LogP contribution >= 0.6 is 0 Å². The highest BCUT2D eigenvalue weighted by molar-refractivity contribution is 5.75. The molecule has 5 rings (SSSR count). The number of carbonyl (C=O) groups is 1. The predicted molar refractivity (Wildman–Crippen MR) is 168 cm³/mol. The van der Waals surface area contributed by atoms with Crippen LogP contribution in [0.2, 0.25) is 0 Å². The van der Waals surface area contributed by atoms with Crippen LogP contribution in [0.1, 0.15) is 59.6 Å². The Balaban J connectivity index is 1.40. The predicted octanol–water partition coefficient (Wildman–Crippen LogP) is 8.32. The van der Waals surface area contributed by atoms with Crippen LogP contribution in [-0.2, 0) is 37.4 Å². The largest absolute Gasteiger partial charge is 0.488 e. The van der Waals surface area contributed by atoms with E-state index >= 15 is 0 Å². The van der Waals surface area contributed by atoms with Gasteiger partial charge in [-0.05, 0) is 91.1 Å². The van der Waals surface area contributed by atoms with Crippen molar-refractivity contribution in [3.05, 3.63) is 124 Å². The number of Topliss-reactive ketones (excluding diaryl/α,β-unsaturated/α-hetero) is 1. The fourth-order valence-corrected chi connectivity index (χ4v) is 5.72. The fourth-order valence-electron chi connectivity index (χ4n) is 5.72. The zero-order chi connectivity index (χ0) is 29.3. The molecule has 0 aliphatic heterocycles. The molecule has 214 valence electrons. The molecule has 4 aromatic carbocycles.